The van der Waals surface area contributed by atoms with E-state index >= 15 is 0 Å². The van der Waals surface area contributed by atoms with Gasteiger partial charge in [-0.05, 0) is 37.1 Å². The summed E-state index contributed by atoms with van der Waals surface area (Å²) >= 11 is 11.5. The maximum Gasteiger partial charge on any atom is 0.0460 e. The number of benzene rings is 1. The van der Waals surface area contributed by atoms with Crippen LogP contribution in [-0.4, -0.2) is 4.75 Å². The largest absolute Gasteiger partial charge is 0.323 e. The van der Waals surface area contributed by atoms with E-state index in [0.29, 0.717) is 0 Å². The zero-order valence-corrected chi connectivity index (χ0v) is 11.8. The number of fused-ring (bicyclic) bond motifs is 1. The number of hydrogen-bond donors (Lipinski definition) is 1. The van der Waals surface area contributed by atoms with Crippen LogP contribution in [0.1, 0.15) is 31.0 Å². The second-order valence-corrected chi connectivity index (χ2v) is 7.28. The lowest BCUT2D eigenvalue weighted by Gasteiger charge is -2.37. The highest BCUT2D eigenvalue weighted by Gasteiger charge is 2.35. The fourth-order valence-corrected chi connectivity index (χ4v) is 3.90. The summed E-state index contributed by atoms with van der Waals surface area (Å²) in [6.07, 6.45) is 0. The third-order valence-corrected chi connectivity index (χ3v) is 5.09. The average Bonchev–Trinajstić information content (AvgIpc) is 2.12. The predicted molar refractivity (Wildman–Crippen MR) is 71.5 cm³/mol. The molecule has 1 heterocycles. The van der Waals surface area contributed by atoms with Crippen molar-refractivity contribution in [2.45, 2.75) is 30.4 Å². The fourth-order valence-electron chi connectivity index (χ4n) is 1.78. The molecule has 0 bridgehead atoms. The Kier molecular flexibility index (Phi) is 3.10. The van der Waals surface area contributed by atoms with Gasteiger partial charge in [0.25, 0.3) is 0 Å². The van der Waals surface area contributed by atoms with E-state index in [-0.39, 0.29) is 10.8 Å². The number of rotatable bonds is 0. The third kappa shape index (κ3) is 2.07. The summed E-state index contributed by atoms with van der Waals surface area (Å²) in [4.78, 5) is 0. The van der Waals surface area contributed by atoms with Crippen LogP contribution in [0, 0.1) is 0 Å². The molecule has 15 heavy (non-hydrogen) atoms. The highest BCUT2D eigenvalue weighted by Crippen LogP contribution is 2.46. The van der Waals surface area contributed by atoms with Crippen LogP contribution in [0.3, 0.4) is 0 Å². The lowest BCUT2D eigenvalue weighted by Crippen LogP contribution is -2.36. The molecule has 0 aromatic heterocycles. The van der Waals surface area contributed by atoms with Gasteiger partial charge in [-0.15, -0.1) is 11.8 Å². The van der Waals surface area contributed by atoms with Crippen molar-refractivity contribution in [3.63, 3.8) is 0 Å². The van der Waals surface area contributed by atoms with Gasteiger partial charge in [-0.2, -0.15) is 0 Å². The standard InChI is InChI=1S/C11H13BrClNS/c1-11(2)10(14)7-3-6(12)4-9(13)8(7)5-15-11/h3-4,10H,5,14H2,1-2H3. The summed E-state index contributed by atoms with van der Waals surface area (Å²) in [6, 6.07) is 4.07. The first-order valence-corrected chi connectivity index (χ1v) is 6.95. The Morgan fingerprint density at radius 2 is 2.20 bits per heavy atom. The van der Waals surface area contributed by atoms with E-state index in [4.69, 9.17) is 17.3 Å². The van der Waals surface area contributed by atoms with Gasteiger partial charge >= 0.3 is 0 Å². The molecule has 1 aromatic rings. The Morgan fingerprint density at radius 3 is 2.87 bits per heavy atom. The summed E-state index contributed by atoms with van der Waals surface area (Å²) in [7, 11) is 0. The van der Waals surface area contributed by atoms with Gasteiger partial charge < -0.3 is 5.73 Å². The van der Waals surface area contributed by atoms with Gasteiger partial charge in [0, 0.05) is 26.0 Å². The molecule has 1 aliphatic rings. The Bertz CT molecular complexity index is 406. The van der Waals surface area contributed by atoms with E-state index in [9.17, 15) is 0 Å². The van der Waals surface area contributed by atoms with Crippen molar-refractivity contribution in [3.8, 4) is 0 Å². The Hall–Kier alpha value is 0.300. The van der Waals surface area contributed by atoms with Gasteiger partial charge in [0.1, 0.15) is 0 Å². The van der Waals surface area contributed by atoms with Crippen molar-refractivity contribution in [1.82, 2.24) is 0 Å². The average molecular weight is 307 g/mol. The number of thioether (sulfide) groups is 1. The van der Waals surface area contributed by atoms with Gasteiger partial charge in [-0.1, -0.05) is 27.5 Å². The Morgan fingerprint density at radius 1 is 1.53 bits per heavy atom. The first kappa shape index (κ1) is 11.8. The van der Waals surface area contributed by atoms with Crippen molar-refractivity contribution in [3.05, 3.63) is 32.8 Å². The van der Waals surface area contributed by atoms with Crippen LogP contribution >= 0.6 is 39.3 Å². The molecule has 1 aromatic carbocycles. The summed E-state index contributed by atoms with van der Waals surface area (Å²) < 4.78 is 1.08. The molecule has 1 aliphatic heterocycles. The Balaban J connectivity index is 2.56. The normalized spacial score (nSPS) is 23.7. The Labute approximate surface area is 108 Å². The van der Waals surface area contributed by atoms with Crippen molar-refractivity contribution < 1.29 is 0 Å². The van der Waals surface area contributed by atoms with Crippen LogP contribution < -0.4 is 5.73 Å². The molecule has 0 aliphatic carbocycles. The molecule has 1 nitrogen and oxygen atoms in total. The number of nitrogens with two attached hydrogens (primary N) is 1. The minimum absolute atomic E-state index is 0.0428. The molecule has 0 amide bonds. The fraction of sp³-hybridized carbons (Fsp3) is 0.455. The molecule has 1 atom stereocenters. The highest BCUT2D eigenvalue weighted by atomic mass is 79.9. The molecule has 0 radical (unpaired) electrons. The van der Waals surface area contributed by atoms with Crippen LogP contribution in [0.25, 0.3) is 0 Å². The molecule has 1 unspecified atom stereocenters. The van der Waals surface area contributed by atoms with E-state index in [1.165, 1.54) is 11.1 Å². The van der Waals surface area contributed by atoms with E-state index in [1.807, 2.05) is 17.8 Å². The molecule has 0 saturated heterocycles. The molecule has 0 spiro atoms. The van der Waals surface area contributed by atoms with Gasteiger partial charge in [0.2, 0.25) is 0 Å². The lowest BCUT2D eigenvalue weighted by atomic mass is 9.92. The van der Waals surface area contributed by atoms with Crippen molar-refractivity contribution in [1.29, 1.82) is 0 Å². The molecule has 4 heteroatoms. The van der Waals surface area contributed by atoms with Crippen LogP contribution in [0.15, 0.2) is 16.6 Å². The second-order valence-electron chi connectivity index (χ2n) is 4.33. The van der Waals surface area contributed by atoms with E-state index in [0.717, 1.165) is 15.2 Å². The highest BCUT2D eigenvalue weighted by molar-refractivity contribution is 9.10. The summed E-state index contributed by atoms with van der Waals surface area (Å²) in [5.74, 6) is 0.947. The number of hydrogen-bond acceptors (Lipinski definition) is 2. The molecule has 0 fully saturated rings. The smallest absolute Gasteiger partial charge is 0.0460 e. The van der Waals surface area contributed by atoms with Crippen LogP contribution in [0.2, 0.25) is 5.02 Å². The lowest BCUT2D eigenvalue weighted by molar-refractivity contribution is 0.552. The van der Waals surface area contributed by atoms with Crippen molar-refractivity contribution in [2.75, 3.05) is 0 Å². The maximum absolute atomic E-state index is 6.26. The van der Waals surface area contributed by atoms with Crippen LogP contribution in [0.4, 0.5) is 0 Å². The van der Waals surface area contributed by atoms with E-state index in [2.05, 4.69) is 35.8 Å². The van der Waals surface area contributed by atoms with Crippen LogP contribution in [-0.2, 0) is 5.75 Å². The van der Waals surface area contributed by atoms with E-state index in [1.54, 1.807) is 0 Å². The first-order valence-electron chi connectivity index (χ1n) is 4.79. The van der Waals surface area contributed by atoms with Crippen molar-refractivity contribution >= 4 is 39.3 Å². The third-order valence-electron chi connectivity index (χ3n) is 2.87. The molecule has 2 N–H and O–H groups in total. The second kappa shape index (κ2) is 3.95. The monoisotopic (exact) mass is 305 g/mol. The van der Waals surface area contributed by atoms with E-state index < -0.39 is 0 Å². The van der Waals surface area contributed by atoms with Gasteiger partial charge in [0.05, 0.1) is 0 Å². The quantitative estimate of drug-likeness (QED) is 0.780. The molecular formula is C11H13BrClNS. The zero-order valence-electron chi connectivity index (χ0n) is 8.68. The minimum atomic E-state index is 0.0428. The number of halogens is 2. The predicted octanol–water partition coefficient (Wildman–Crippen LogP) is 4.13. The van der Waals surface area contributed by atoms with Gasteiger partial charge in [0.15, 0.2) is 0 Å². The molecule has 82 valence electrons. The van der Waals surface area contributed by atoms with Gasteiger partial charge in [-0.3, -0.25) is 0 Å². The van der Waals surface area contributed by atoms with Gasteiger partial charge in [-0.25, -0.2) is 0 Å². The zero-order chi connectivity index (χ0) is 11.2. The first-order chi connectivity index (χ1) is 6.92. The summed E-state index contributed by atoms with van der Waals surface area (Å²) in [5.41, 5.74) is 8.63. The summed E-state index contributed by atoms with van der Waals surface area (Å²) in [6.45, 7) is 4.36. The maximum atomic E-state index is 6.26. The molecule has 2 rings (SSSR count). The molecule has 0 saturated carbocycles. The topological polar surface area (TPSA) is 26.0 Å². The summed E-state index contributed by atoms with van der Waals surface area (Å²) in [5, 5.41) is 0.817. The molecular weight excluding hydrogens is 294 g/mol. The SMILES string of the molecule is CC1(C)SCc2c(Cl)cc(Br)cc2C1N. The van der Waals surface area contributed by atoms with Crippen LogP contribution in [0.5, 0.6) is 0 Å². The van der Waals surface area contributed by atoms with Crippen molar-refractivity contribution in [2.24, 2.45) is 5.73 Å². The minimum Gasteiger partial charge on any atom is -0.323 e.